The Balaban J connectivity index is 1.84. The maximum absolute atomic E-state index is 5.90. The summed E-state index contributed by atoms with van der Waals surface area (Å²) < 4.78 is 0. The van der Waals surface area contributed by atoms with Gasteiger partial charge in [-0.15, -0.1) is 11.8 Å². The maximum Gasteiger partial charge on any atom is 0.0532 e. The Morgan fingerprint density at radius 2 is 1.83 bits per heavy atom. The van der Waals surface area contributed by atoms with Crippen molar-refractivity contribution in [3.63, 3.8) is 0 Å². The molecule has 0 amide bonds. The number of fused-ring (bicyclic) bond motifs is 1. The Kier molecular flexibility index (Phi) is 3.48. The zero-order valence-corrected chi connectivity index (χ0v) is 11.5. The number of anilines is 1. The van der Waals surface area contributed by atoms with Crippen LogP contribution >= 0.6 is 23.4 Å². The molecular weight excluding hydrogens is 262 g/mol. The average molecular weight is 276 g/mol. The highest BCUT2D eigenvalue weighted by atomic mass is 35.5. The first-order chi connectivity index (χ1) is 8.83. The number of hydrogen-bond acceptors (Lipinski definition) is 2. The first-order valence-corrected chi connectivity index (χ1v) is 7.43. The van der Waals surface area contributed by atoms with Crippen LogP contribution in [0.5, 0.6) is 0 Å². The van der Waals surface area contributed by atoms with Gasteiger partial charge in [0.2, 0.25) is 0 Å². The van der Waals surface area contributed by atoms with Gasteiger partial charge in [-0.2, -0.15) is 0 Å². The van der Waals surface area contributed by atoms with Crippen molar-refractivity contribution >= 4 is 29.1 Å². The molecule has 1 unspecified atom stereocenters. The molecule has 3 heteroatoms. The SMILES string of the molecule is Clc1ccc(NC2CCSc3ccccc32)cc1. The van der Waals surface area contributed by atoms with Gasteiger partial charge in [0.1, 0.15) is 0 Å². The molecule has 1 aliphatic rings. The van der Waals surface area contributed by atoms with Gasteiger partial charge < -0.3 is 5.32 Å². The second-order valence-electron chi connectivity index (χ2n) is 4.38. The Hall–Kier alpha value is -1.12. The van der Waals surface area contributed by atoms with Crippen LogP contribution in [0.3, 0.4) is 0 Å². The molecule has 3 rings (SSSR count). The van der Waals surface area contributed by atoms with Crippen LogP contribution in [0.15, 0.2) is 53.4 Å². The van der Waals surface area contributed by atoms with Crippen molar-refractivity contribution in [2.45, 2.75) is 17.4 Å². The quantitative estimate of drug-likeness (QED) is 0.829. The van der Waals surface area contributed by atoms with E-state index in [0.717, 1.165) is 17.1 Å². The summed E-state index contributed by atoms with van der Waals surface area (Å²) in [7, 11) is 0. The molecule has 0 saturated heterocycles. The lowest BCUT2D eigenvalue weighted by Gasteiger charge is -2.26. The summed E-state index contributed by atoms with van der Waals surface area (Å²) in [6.07, 6.45) is 1.16. The Morgan fingerprint density at radius 1 is 1.06 bits per heavy atom. The largest absolute Gasteiger partial charge is 0.378 e. The van der Waals surface area contributed by atoms with E-state index in [4.69, 9.17) is 11.6 Å². The van der Waals surface area contributed by atoms with Gasteiger partial charge in [-0.25, -0.2) is 0 Å². The molecule has 2 aromatic carbocycles. The average Bonchev–Trinajstić information content (AvgIpc) is 2.42. The normalized spacial score (nSPS) is 18.2. The molecule has 92 valence electrons. The summed E-state index contributed by atoms with van der Waals surface area (Å²) in [6.45, 7) is 0. The van der Waals surface area contributed by atoms with E-state index in [1.165, 1.54) is 16.2 Å². The fourth-order valence-electron chi connectivity index (χ4n) is 2.24. The highest BCUT2D eigenvalue weighted by Gasteiger charge is 2.19. The molecule has 0 fully saturated rings. The standard InChI is InChI=1S/C15H14ClNS/c16-11-5-7-12(8-6-11)17-14-9-10-18-15-4-2-1-3-13(14)15/h1-8,14,17H,9-10H2. The number of halogens is 1. The smallest absolute Gasteiger partial charge is 0.0532 e. The van der Waals surface area contributed by atoms with Crippen LogP contribution in [-0.2, 0) is 0 Å². The first kappa shape index (κ1) is 11.9. The topological polar surface area (TPSA) is 12.0 Å². The number of benzene rings is 2. The van der Waals surface area contributed by atoms with Crippen LogP contribution in [-0.4, -0.2) is 5.75 Å². The van der Waals surface area contributed by atoms with E-state index in [1.807, 2.05) is 36.0 Å². The highest BCUT2D eigenvalue weighted by molar-refractivity contribution is 7.99. The Labute approximate surface area is 117 Å². The lowest BCUT2D eigenvalue weighted by molar-refractivity contribution is 0.728. The van der Waals surface area contributed by atoms with E-state index >= 15 is 0 Å². The molecule has 1 atom stereocenters. The third kappa shape index (κ3) is 2.50. The second kappa shape index (κ2) is 5.25. The number of nitrogens with one attached hydrogen (secondary N) is 1. The third-order valence-electron chi connectivity index (χ3n) is 3.14. The molecule has 0 spiro atoms. The van der Waals surface area contributed by atoms with Crippen molar-refractivity contribution < 1.29 is 0 Å². The van der Waals surface area contributed by atoms with Crippen LogP contribution in [0.25, 0.3) is 0 Å². The molecule has 1 heterocycles. The van der Waals surface area contributed by atoms with Crippen LogP contribution in [0.1, 0.15) is 18.0 Å². The summed E-state index contributed by atoms with van der Waals surface area (Å²) in [6, 6.07) is 17.0. The molecule has 0 radical (unpaired) electrons. The van der Waals surface area contributed by atoms with Crippen molar-refractivity contribution in [1.82, 2.24) is 0 Å². The fraction of sp³-hybridized carbons (Fsp3) is 0.200. The van der Waals surface area contributed by atoms with Crippen molar-refractivity contribution in [2.75, 3.05) is 11.1 Å². The summed E-state index contributed by atoms with van der Waals surface area (Å²) in [5.74, 6) is 1.17. The predicted octanol–water partition coefficient (Wildman–Crippen LogP) is 4.99. The van der Waals surface area contributed by atoms with Gasteiger partial charge in [-0.05, 0) is 42.3 Å². The predicted molar refractivity (Wildman–Crippen MR) is 79.6 cm³/mol. The van der Waals surface area contributed by atoms with Crippen LogP contribution in [0, 0.1) is 0 Å². The Bertz CT molecular complexity index is 538. The van der Waals surface area contributed by atoms with Crippen molar-refractivity contribution in [2.24, 2.45) is 0 Å². The van der Waals surface area contributed by atoms with Crippen LogP contribution in [0.2, 0.25) is 5.02 Å². The van der Waals surface area contributed by atoms with E-state index in [9.17, 15) is 0 Å². The summed E-state index contributed by atoms with van der Waals surface area (Å²) >= 11 is 7.85. The number of thioether (sulfide) groups is 1. The van der Waals surface area contributed by atoms with Gasteiger partial charge in [0.25, 0.3) is 0 Å². The van der Waals surface area contributed by atoms with E-state index in [0.29, 0.717) is 6.04 Å². The molecule has 2 aromatic rings. The molecule has 1 nitrogen and oxygen atoms in total. The highest BCUT2D eigenvalue weighted by Crippen LogP contribution is 2.37. The van der Waals surface area contributed by atoms with Gasteiger partial charge in [0, 0.05) is 21.4 Å². The van der Waals surface area contributed by atoms with Gasteiger partial charge in [0.15, 0.2) is 0 Å². The molecule has 0 aromatic heterocycles. The third-order valence-corrected chi connectivity index (χ3v) is 4.52. The molecule has 18 heavy (non-hydrogen) atoms. The molecular formula is C15H14ClNS. The number of hydrogen-bond donors (Lipinski definition) is 1. The van der Waals surface area contributed by atoms with E-state index < -0.39 is 0 Å². The fourth-order valence-corrected chi connectivity index (χ4v) is 3.49. The van der Waals surface area contributed by atoms with Crippen LogP contribution < -0.4 is 5.32 Å². The molecule has 0 bridgehead atoms. The zero-order valence-electron chi connectivity index (χ0n) is 9.90. The summed E-state index contributed by atoms with van der Waals surface area (Å²) in [5, 5.41) is 4.37. The summed E-state index contributed by atoms with van der Waals surface area (Å²) in [5.41, 5.74) is 2.54. The number of rotatable bonds is 2. The van der Waals surface area contributed by atoms with Gasteiger partial charge in [-0.1, -0.05) is 29.8 Å². The van der Waals surface area contributed by atoms with Crippen LogP contribution in [0.4, 0.5) is 5.69 Å². The Morgan fingerprint density at radius 3 is 2.67 bits per heavy atom. The van der Waals surface area contributed by atoms with Crippen molar-refractivity contribution in [1.29, 1.82) is 0 Å². The summed E-state index contributed by atoms with van der Waals surface area (Å²) in [4.78, 5) is 1.40. The first-order valence-electron chi connectivity index (χ1n) is 6.07. The second-order valence-corrected chi connectivity index (χ2v) is 5.95. The lowest BCUT2D eigenvalue weighted by atomic mass is 10.0. The minimum Gasteiger partial charge on any atom is -0.378 e. The maximum atomic E-state index is 5.90. The van der Waals surface area contributed by atoms with Crippen molar-refractivity contribution in [3.8, 4) is 0 Å². The van der Waals surface area contributed by atoms with E-state index in [1.54, 1.807) is 0 Å². The van der Waals surface area contributed by atoms with E-state index in [-0.39, 0.29) is 0 Å². The lowest BCUT2D eigenvalue weighted by Crippen LogP contribution is -2.15. The van der Waals surface area contributed by atoms with E-state index in [2.05, 4.69) is 29.6 Å². The molecule has 0 aliphatic carbocycles. The molecule has 0 saturated carbocycles. The van der Waals surface area contributed by atoms with Crippen molar-refractivity contribution in [3.05, 3.63) is 59.1 Å². The van der Waals surface area contributed by atoms with Gasteiger partial charge in [-0.3, -0.25) is 0 Å². The van der Waals surface area contributed by atoms with Gasteiger partial charge in [0.05, 0.1) is 6.04 Å². The minimum absolute atomic E-state index is 0.406. The molecule has 1 N–H and O–H groups in total. The molecule has 1 aliphatic heterocycles. The zero-order chi connectivity index (χ0) is 12.4. The van der Waals surface area contributed by atoms with Gasteiger partial charge >= 0.3 is 0 Å². The monoisotopic (exact) mass is 275 g/mol. The minimum atomic E-state index is 0.406.